The zero-order valence-electron chi connectivity index (χ0n) is 36.3. The van der Waals surface area contributed by atoms with E-state index in [0.717, 1.165) is 39.5 Å². The Kier molecular flexibility index (Phi) is 9.74. The van der Waals surface area contributed by atoms with Gasteiger partial charge in [-0.05, 0) is 104 Å². The van der Waals surface area contributed by atoms with Gasteiger partial charge in [-0.2, -0.15) is 5.10 Å². The lowest BCUT2D eigenvalue weighted by molar-refractivity contribution is 0.590. The van der Waals surface area contributed by atoms with Crippen LogP contribution in [0, 0.1) is 0 Å². The Morgan fingerprint density at radius 2 is 0.828 bits per heavy atom. The van der Waals surface area contributed by atoms with E-state index < -0.39 is 0 Å². The van der Waals surface area contributed by atoms with Crippen molar-refractivity contribution in [2.45, 2.75) is 26.2 Å². The molecule has 0 saturated carbocycles. The molecule has 0 aliphatic carbocycles. The molecular weight excluding hydrogens is 775 g/mol. The fourth-order valence-corrected chi connectivity index (χ4v) is 9.25. The summed E-state index contributed by atoms with van der Waals surface area (Å²) in [5.41, 5.74) is 19.8. The summed E-state index contributed by atoms with van der Waals surface area (Å²) in [5, 5.41) is 7.64. The van der Waals surface area contributed by atoms with Crippen LogP contribution in [0.5, 0.6) is 0 Å². The van der Waals surface area contributed by atoms with Crippen molar-refractivity contribution in [3.8, 4) is 78.4 Å². The van der Waals surface area contributed by atoms with E-state index in [1.165, 1.54) is 66.3 Å². The first kappa shape index (κ1) is 38.9. The largest absolute Gasteiger partial charge is 0.309 e. The molecule has 9 aromatic carbocycles. The van der Waals surface area contributed by atoms with E-state index in [1.807, 2.05) is 6.07 Å². The number of fused-ring (bicyclic) bond motifs is 3. The Bertz CT molecular complexity index is 3420. The Hall–Kier alpha value is -8.01. The maximum atomic E-state index is 5.13. The zero-order chi connectivity index (χ0) is 43.2. The highest BCUT2D eigenvalue weighted by molar-refractivity contribution is 6.10. The fraction of sp³-hybridized carbons (Fsp3) is 0.0656. The molecule has 0 saturated heterocycles. The smallest absolute Gasteiger partial charge is 0.0934 e. The average Bonchev–Trinajstić information content (AvgIpc) is 3.95. The third kappa shape index (κ3) is 7.11. The molecule has 11 rings (SSSR count). The van der Waals surface area contributed by atoms with Gasteiger partial charge in [0, 0.05) is 27.6 Å². The number of hydrogen-bond acceptors (Lipinski definition) is 1. The standard InChI is InChI=1S/C61H47N3/c1-61(2,3)48-33-26-42(27-34-48)47-32-39-59-56(40-47)55-24-14-15-25-58(55)63(59)49-35-28-43(29-36-49)51-20-10-12-22-53(51)54-23-13-11-21-52(54)44-30-37-50(38-31-44)64-60(46-18-8-5-9-19-46)41-57(62-64)45-16-6-4-7-17-45/h4-41H,1-3H3. The second kappa shape index (κ2) is 16.0. The van der Waals surface area contributed by atoms with Crippen LogP contribution in [0.25, 0.3) is 100 Å². The molecule has 0 amide bonds. The molecule has 0 N–H and O–H groups in total. The van der Waals surface area contributed by atoms with Crippen molar-refractivity contribution in [2.24, 2.45) is 0 Å². The number of hydrogen-bond donors (Lipinski definition) is 0. The molecule has 3 nitrogen and oxygen atoms in total. The lowest BCUT2D eigenvalue weighted by Gasteiger charge is -2.19. The van der Waals surface area contributed by atoms with Gasteiger partial charge in [0.25, 0.3) is 0 Å². The van der Waals surface area contributed by atoms with Crippen LogP contribution in [0.2, 0.25) is 0 Å². The third-order valence-corrected chi connectivity index (χ3v) is 12.6. The summed E-state index contributed by atoms with van der Waals surface area (Å²) in [6.07, 6.45) is 0. The normalized spacial score (nSPS) is 11.7. The van der Waals surface area contributed by atoms with Crippen LogP contribution in [0.3, 0.4) is 0 Å². The minimum Gasteiger partial charge on any atom is -0.309 e. The molecule has 0 fully saturated rings. The lowest BCUT2D eigenvalue weighted by Crippen LogP contribution is -2.10. The predicted octanol–water partition coefficient (Wildman–Crippen LogP) is 16.3. The summed E-state index contributed by atoms with van der Waals surface area (Å²) in [5.74, 6) is 0. The Balaban J connectivity index is 0.928. The number of benzene rings is 9. The summed E-state index contributed by atoms with van der Waals surface area (Å²) in [4.78, 5) is 0. The highest BCUT2D eigenvalue weighted by Crippen LogP contribution is 2.40. The lowest BCUT2D eigenvalue weighted by atomic mass is 9.86. The van der Waals surface area contributed by atoms with Gasteiger partial charge in [0.05, 0.1) is 28.1 Å². The van der Waals surface area contributed by atoms with Gasteiger partial charge < -0.3 is 4.57 Å². The Labute approximate surface area is 375 Å². The monoisotopic (exact) mass is 821 g/mol. The molecule has 2 aromatic heterocycles. The molecule has 0 unspecified atom stereocenters. The Morgan fingerprint density at radius 3 is 1.44 bits per heavy atom. The van der Waals surface area contributed by atoms with Crippen LogP contribution in [0.15, 0.2) is 231 Å². The van der Waals surface area contributed by atoms with Gasteiger partial charge in [-0.15, -0.1) is 0 Å². The molecule has 0 aliphatic rings. The molecule has 0 aliphatic heterocycles. The topological polar surface area (TPSA) is 22.8 Å². The Morgan fingerprint density at radius 1 is 0.344 bits per heavy atom. The summed E-state index contributed by atoms with van der Waals surface area (Å²) < 4.78 is 4.47. The van der Waals surface area contributed by atoms with Gasteiger partial charge >= 0.3 is 0 Å². The van der Waals surface area contributed by atoms with E-state index in [4.69, 9.17) is 5.10 Å². The number of para-hydroxylation sites is 1. The summed E-state index contributed by atoms with van der Waals surface area (Å²) in [7, 11) is 0. The van der Waals surface area contributed by atoms with Crippen LogP contribution in [-0.2, 0) is 5.41 Å². The second-order valence-corrected chi connectivity index (χ2v) is 17.7. The van der Waals surface area contributed by atoms with Gasteiger partial charge in [0.1, 0.15) is 0 Å². The van der Waals surface area contributed by atoms with Crippen molar-refractivity contribution in [3.63, 3.8) is 0 Å². The molecule has 64 heavy (non-hydrogen) atoms. The van der Waals surface area contributed by atoms with Crippen LogP contribution in [0.1, 0.15) is 26.3 Å². The van der Waals surface area contributed by atoms with E-state index in [1.54, 1.807) is 0 Å². The van der Waals surface area contributed by atoms with Gasteiger partial charge in [-0.25, -0.2) is 4.68 Å². The van der Waals surface area contributed by atoms with Gasteiger partial charge in [0.2, 0.25) is 0 Å². The van der Waals surface area contributed by atoms with Crippen LogP contribution in [0.4, 0.5) is 0 Å². The average molecular weight is 822 g/mol. The molecule has 11 aromatic rings. The number of nitrogens with zero attached hydrogens (tertiary/aromatic N) is 3. The first-order chi connectivity index (χ1) is 31.4. The van der Waals surface area contributed by atoms with E-state index >= 15 is 0 Å². The summed E-state index contributed by atoms with van der Waals surface area (Å²) in [6, 6.07) is 83.2. The first-order valence-corrected chi connectivity index (χ1v) is 22.1. The zero-order valence-corrected chi connectivity index (χ0v) is 36.3. The predicted molar refractivity (Wildman–Crippen MR) is 269 cm³/mol. The quantitative estimate of drug-likeness (QED) is 0.150. The van der Waals surface area contributed by atoms with Crippen molar-refractivity contribution in [1.29, 1.82) is 0 Å². The van der Waals surface area contributed by atoms with E-state index in [0.29, 0.717) is 0 Å². The minimum atomic E-state index is 0.121. The van der Waals surface area contributed by atoms with Gasteiger partial charge in [0.15, 0.2) is 0 Å². The highest BCUT2D eigenvalue weighted by atomic mass is 15.3. The van der Waals surface area contributed by atoms with Crippen molar-refractivity contribution in [2.75, 3.05) is 0 Å². The maximum Gasteiger partial charge on any atom is 0.0934 e. The number of aromatic nitrogens is 3. The summed E-state index contributed by atoms with van der Waals surface area (Å²) >= 11 is 0. The van der Waals surface area contributed by atoms with Gasteiger partial charge in [-0.3, -0.25) is 0 Å². The fourth-order valence-electron chi connectivity index (χ4n) is 9.25. The van der Waals surface area contributed by atoms with Crippen LogP contribution >= 0.6 is 0 Å². The molecular formula is C61H47N3. The minimum absolute atomic E-state index is 0.121. The molecule has 0 bridgehead atoms. The van der Waals surface area contributed by atoms with Crippen molar-refractivity contribution in [3.05, 3.63) is 236 Å². The molecule has 0 atom stereocenters. The molecule has 0 spiro atoms. The molecule has 306 valence electrons. The van der Waals surface area contributed by atoms with Crippen molar-refractivity contribution in [1.82, 2.24) is 14.3 Å². The summed E-state index contributed by atoms with van der Waals surface area (Å²) in [6.45, 7) is 6.79. The second-order valence-electron chi connectivity index (χ2n) is 17.7. The number of rotatable bonds is 8. The first-order valence-electron chi connectivity index (χ1n) is 22.1. The van der Waals surface area contributed by atoms with Crippen molar-refractivity contribution >= 4 is 21.8 Å². The highest BCUT2D eigenvalue weighted by Gasteiger charge is 2.18. The van der Waals surface area contributed by atoms with Crippen molar-refractivity contribution < 1.29 is 0 Å². The van der Waals surface area contributed by atoms with Crippen LogP contribution in [-0.4, -0.2) is 14.3 Å². The van der Waals surface area contributed by atoms with Gasteiger partial charge in [-0.1, -0.05) is 203 Å². The van der Waals surface area contributed by atoms with E-state index in [2.05, 4.69) is 254 Å². The van der Waals surface area contributed by atoms with E-state index in [9.17, 15) is 0 Å². The SMILES string of the molecule is CC(C)(C)c1ccc(-c2ccc3c(c2)c2ccccc2n3-c2ccc(-c3ccccc3-c3ccccc3-c3ccc(-n4nc(-c5ccccc5)cc4-c4ccccc4)cc3)cc2)cc1. The third-order valence-electron chi connectivity index (χ3n) is 12.6. The maximum absolute atomic E-state index is 5.13. The molecule has 0 radical (unpaired) electrons. The molecule has 2 heterocycles. The van der Waals surface area contributed by atoms with Crippen LogP contribution < -0.4 is 0 Å². The van der Waals surface area contributed by atoms with E-state index in [-0.39, 0.29) is 5.41 Å². The molecule has 3 heteroatoms.